The Kier molecular flexibility index (Phi) is 6.46. The standard InChI is InChI=1S/C21H28N6S/c1-14-12-15(2)27(26-14)19-9-7-6-8-18(19)13-24-21(22-5)23-11-10-20-25-16(3)17(4)28-20/h6-9,12H,10-11,13H2,1-5H3,(H2,22,23,24). The molecule has 3 rings (SSSR count). The van der Waals surface area contributed by atoms with Gasteiger partial charge in [0.15, 0.2) is 5.96 Å². The number of thiazole rings is 1. The molecule has 0 aliphatic heterocycles. The number of nitrogens with zero attached hydrogens (tertiary/aromatic N) is 4. The first-order valence-corrected chi connectivity index (χ1v) is 10.3. The third-order valence-corrected chi connectivity index (χ3v) is 5.74. The van der Waals surface area contributed by atoms with E-state index in [1.54, 1.807) is 18.4 Å². The molecule has 1 aromatic carbocycles. The van der Waals surface area contributed by atoms with Gasteiger partial charge in [-0.3, -0.25) is 4.99 Å². The zero-order chi connectivity index (χ0) is 20.1. The Morgan fingerprint density at radius 3 is 2.57 bits per heavy atom. The van der Waals surface area contributed by atoms with Gasteiger partial charge in [0.05, 0.1) is 22.1 Å². The molecule has 0 saturated heterocycles. The first kappa shape index (κ1) is 20.1. The molecule has 0 radical (unpaired) electrons. The number of rotatable bonds is 6. The van der Waals surface area contributed by atoms with Gasteiger partial charge in [-0.15, -0.1) is 11.3 Å². The van der Waals surface area contributed by atoms with E-state index < -0.39 is 0 Å². The zero-order valence-electron chi connectivity index (χ0n) is 17.2. The molecule has 0 aliphatic rings. The molecule has 3 aromatic rings. The molecule has 28 heavy (non-hydrogen) atoms. The SMILES string of the molecule is CN=C(NCCc1nc(C)c(C)s1)NCc1ccccc1-n1nc(C)cc1C. The van der Waals surface area contributed by atoms with E-state index in [9.17, 15) is 0 Å². The zero-order valence-corrected chi connectivity index (χ0v) is 18.0. The minimum Gasteiger partial charge on any atom is -0.356 e. The van der Waals surface area contributed by atoms with Crippen molar-refractivity contribution in [2.45, 2.75) is 40.7 Å². The largest absolute Gasteiger partial charge is 0.356 e. The summed E-state index contributed by atoms with van der Waals surface area (Å²) in [4.78, 5) is 10.2. The lowest BCUT2D eigenvalue weighted by atomic mass is 10.1. The number of aryl methyl sites for hydroxylation is 4. The van der Waals surface area contributed by atoms with E-state index in [2.05, 4.69) is 70.7 Å². The molecule has 148 valence electrons. The molecule has 0 amide bonds. The second-order valence-corrected chi connectivity index (χ2v) is 8.11. The Balaban J connectivity index is 1.60. The highest BCUT2D eigenvalue weighted by Crippen LogP contribution is 2.17. The molecular formula is C21H28N6S. The van der Waals surface area contributed by atoms with Crippen molar-refractivity contribution in [3.63, 3.8) is 0 Å². The third-order valence-electron chi connectivity index (χ3n) is 4.60. The van der Waals surface area contributed by atoms with Crippen LogP contribution >= 0.6 is 11.3 Å². The summed E-state index contributed by atoms with van der Waals surface area (Å²) in [6.07, 6.45) is 0.891. The minimum absolute atomic E-state index is 0.670. The third kappa shape index (κ3) is 4.78. The van der Waals surface area contributed by atoms with E-state index in [0.717, 1.165) is 46.7 Å². The van der Waals surface area contributed by atoms with Crippen molar-refractivity contribution in [2.75, 3.05) is 13.6 Å². The van der Waals surface area contributed by atoms with Crippen molar-refractivity contribution in [3.05, 3.63) is 62.9 Å². The summed E-state index contributed by atoms with van der Waals surface area (Å²) in [6.45, 7) is 9.73. The van der Waals surface area contributed by atoms with Crippen LogP contribution in [0.25, 0.3) is 5.69 Å². The van der Waals surface area contributed by atoms with Gasteiger partial charge in [-0.25, -0.2) is 9.67 Å². The van der Waals surface area contributed by atoms with Crippen molar-refractivity contribution in [1.82, 2.24) is 25.4 Å². The minimum atomic E-state index is 0.670. The summed E-state index contributed by atoms with van der Waals surface area (Å²) in [5.41, 5.74) is 5.53. The summed E-state index contributed by atoms with van der Waals surface area (Å²) in [5, 5.41) is 12.6. The Morgan fingerprint density at radius 1 is 1.14 bits per heavy atom. The van der Waals surface area contributed by atoms with Gasteiger partial charge >= 0.3 is 0 Å². The maximum atomic E-state index is 4.62. The Bertz CT molecular complexity index is 950. The van der Waals surface area contributed by atoms with Gasteiger partial charge in [0.25, 0.3) is 0 Å². The summed E-state index contributed by atoms with van der Waals surface area (Å²) >= 11 is 1.77. The summed E-state index contributed by atoms with van der Waals surface area (Å²) < 4.78 is 2.00. The van der Waals surface area contributed by atoms with Crippen LogP contribution in [0.4, 0.5) is 0 Å². The summed E-state index contributed by atoms with van der Waals surface area (Å²) in [7, 11) is 1.79. The number of para-hydroxylation sites is 1. The Morgan fingerprint density at radius 2 is 1.93 bits per heavy atom. The van der Waals surface area contributed by atoms with E-state index in [1.807, 2.05) is 17.7 Å². The fourth-order valence-corrected chi connectivity index (χ4v) is 4.01. The van der Waals surface area contributed by atoms with Crippen LogP contribution in [0, 0.1) is 27.7 Å². The number of hydrogen-bond acceptors (Lipinski definition) is 4. The first-order chi connectivity index (χ1) is 13.5. The average Bonchev–Trinajstić information content (AvgIpc) is 3.18. The van der Waals surface area contributed by atoms with Gasteiger partial charge in [0, 0.05) is 37.1 Å². The number of aliphatic imine (C=N–C) groups is 1. The van der Waals surface area contributed by atoms with E-state index >= 15 is 0 Å². The molecule has 2 N–H and O–H groups in total. The van der Waals surface area contributed by atoms with Crippen molar-refractivity contribution < 1.29 is 0 Å². The number of aromatic nitrogens is 3. The van der Waals surface area contributed by atoms with Crippen molar-refractivity contribution in [3.8, 4) is 5.69 Å². The predicted octanol–water partition coefficient (Wildman–Crippen LogP) is 3.47. The van der Waals surface area contributed by atoms with Crippen molar-refractivity contribution in [1.29, 1.82) is 0 Å². The molecule has 2 heterocycles. The number of guanidine groups is 1. The molecular weight excluding hydrogens is 368 g/mol. The van der Waals surface area contributed by atoms with Crippen LogP contribution in [0.2, 0.25) is 0 Å². The molecule has 0 unspecified atom stereocenters. The van der Waals surface area contributed by atoms with Crippen LogP contribution in [0.3, 0.4) is 0 Å². The quantitative estimate of drug-likeness (QED) is 0.495. The van der Waals surface area contributed by atoms with Crippen LogP contribution in [0.1, 0.15) is 32.5 Å². The van der Waals surface area contributed by atoms with Crippen LogP contribution in [-0.2, 0) is 13.0 Å². The molecule has 0 spiro atoms. The molecule has 7 heteroatoms. The molecule has 6 nitrogen and oxygen atoms in total. The lowest BCUT2D eigenvalue weighted by Gasteiger charge is -2.15. The normalized spacial score (nSPS) is 11.7. The second-order valence-electron chi connectivity index (χ2n) is 6.82. The lowest BCUT2D eigenvalue weighted by Crippen LogP contribution is -2.38. The Labute approximate surface area is 170 Å². The van der Waals surface area contributed by atoms with E-state index in [0.29, 0.717) is 6.54 Å². The maximum absolute atomic E-state index is 4.62. The number of benzene rings is 1. The van der Waals surface area contributed by atoms with E-state index in [1.165, 1.54) is 10.4 Å². The van der Waals surface area contributed by atoms with Gasteiger partial charge < -0.3 is 10.6 Å². The Hall–Kier alpha value is -2.67. The smallest absolute Gasteiger partial charge is 0.191 e. The maximum Gasteiger partial charge on any atom is 0.191 e. The molecule has 0 fully saturated rings. The summed E-state index contributed by atoms with van der Waals surface area (Å²) in [6, 6.07) is 10.4. The van der Waals surface area contributed by atoms with Crippen LogP contribution in [0.5, 0.6) is 0 Å². The molecule has 0 atom stereocenters. The molecule has 2 aromatic heterocycles. The highest BCUT2D eigenvalue weighted by molar-refractivity contribution is 7.11. The highest BCUT2D eigenvalue weighted by atomic mass is 32.1. The fourth-order valence-electron chi connectivity index (χ4n) is 3.07. The van der Waals surface area contributed by atoms with Crippen LogP contribution in [0.15, 0.2) is 35.3 Å². The number of nitrogens with one attached hydrogen (secondary N) is 2. The average molecular weight is 397 g/mol. The molecule has 0 saturated carbocycles. The second kappa shape index (κ2) is 9.01. The van der Waals surface area contributed by atoms with Crippen LogP contribution < -0.4 is 10.6 Å². The van der Waals surface area contributed by atoms with Crippen molar-refractivity contribution >= 4 is 17.3 Å². The fraction of sp³-hybridized carbons (Fsp3) is 0.381. The van der Waals surface area contributed by atoms with Gasteiger partial charge in [0.1, 0.15) is 0 Å². The van der Waals surface area contributed by atoms with Gasteiger partial charge in [0.2, 0.25) is 0 Å². The predicted molar refractivity (Wildman–Crippen MR) is 117 cm³/mol. The van der Waals surface area contributed by atoms with E-state index in [-0.39, 0.29) is 0 Å². The lowest BCUT2D eigenvalue weighted by molar-refractivity contribution is 0.773. The van der Waals surface area contributed by atoms with Gasteiger partial charge in [-0.1, -0.05) is 18.2 Å². The molecule has 0 aliphatic carbocycles. The summed E-state index contributed by atoms with van der Waals surface area (Å²) in [5.74, 6) is 0.785. The van der Waals surface area contributed by atoms with Gasteiger partial charge in [-0.2, -0.15) is 5.10 Å². The number of hydrogen-bond donors (Lipinski definition) is 2. The monoisotopic (exact) mass is 396 g/mol. The van der Waals surface area contributed by atoms with Gasteiger partial charge in [-0.05, 0) is 45.4 Å². The van der Waals surface area contributed by atoms with E-state index in [4.69, 9.17) is 0 Å². The molecule has 0 bridgehead atoms. The van der Waals surface area contributed by atoms with Crippen LogP contribution in [-0.4, -0.2) is 34.3 Å². The van der Waals surface area contributed by atoms with Crippen molar-refractivity contribution in [2.24, 2.45) is 4.99 Å². The first-order valence-electron chi connectivity index (χ1n) is 9.47. The topological polar surface area (TPSA) is 67.1 Å². The highest BCUT2D eigenvalue weighted by Gasteiger charge is 2.09.